The summed E-state index contributed by atoms with van der Waals surface area (Å²) in [7, 11) is 0. The summed E-state index contributed by atoms with van der Waals surface area (Å²) >= 11 is 5.33. The molecule has 0 atom stereocenters. The van der Waals surface area contributed by atoms with Crippen molar-refractivity contribution in [1.82, 2.24) is 0 Å². The molecule has 1 rings (SSSR count). The Morgan fingerprint density at radius 1 is 1.47 bits per heavy atom. The van der Waals surface area contributed by atoms with E-state index in [2.05, 4.69) is 4.99 Å². The molecule has 0 amide bonds. The van der Waals surface area contributed by atoms with Crippen molar-refractivity contribution in [1.29, 1.82) is 5.26 Å². The van der Waals surface area contributed by atoms with Crippen LogP contribution in [0, 0.1) is 23.0 Å². The van der Waals surface area contributed by atoms with Crippen LogP contribution in [0.2, 0.25) is 0 Å². The first-order valence-electron chi connectivity index (χ1n) is 3.86. The molecule has 3 nitrogen and oxygen atoms in total. The summed E-state index contributed by atoms with van der Waals surface area (Å²) in [5.41, 5.74) is 4.61. The molecule has 1 aromatic rings. The van der Waals surface area contributed by atoms with Gasteiger partial charge in [-0.25, -0.2) is 13.8 Å². The summed E-state index contributed by atoms with van der Waals surface area (Å²) in [5.74, 6) is -1.78. The molecule has 0 fully saturated rings. The Hall–Kier alpha value is -1.67. The molecule has 2 N–H and O–H groups in total. The SMILES string of the molecule is N#Cc1cc(F)c(N=C(N)CCl)cc1F. The lowest BCUT2D eigenvalue weighted by molar-refractivity contribution is 0.599. The van der Waals surface area contributed by atoms with Gasteiger partial charge in [0.05, 0.1) is 11.4 Å². The van der Waals surface area contributed by atoms with Crippen molar-refractivity contribution in [2.75, 3.05) is 5.88 Å². The van der Waals surface area contributed by atoms with Gasteiger partial charge in [0, 0.05) is 6.07 Å². The second kappa shape index (κ2) is 4.71. The summed E-state index contributed by atoms with van der Waals surface area (Å²) in [6.07, 6.45) is 0. The van der Waals surface area contributed by atoms with Gasteiger partial charge in [-0.2, -0.15) is 5.26 Å². The predicted molar refractivity (Wildman–Crippen MR) is 53.1 cm³/mol. The van der Waals surface area contributed by atoms with Crippen molar-refractivity contribution >= 4 is 23.1 Å². The third-order valence-corrected chi connectivity index (χ3v) is 1.83. The lowest BCUT2D eigenvalue weighted by Crippen LogP contribution is -2.12. The molecular weight excluding hydrogens is 224 g/mol. The smallest absolute Gasteiger partial charge is 0.150 e. The Morgan fingerprint density at radius 2 is 2.13 bits per heavy atom. The Bertz CT molecular complexity index is 451. The van der Waals surface area contributed by atoms with Crippen molar-refractivity contribution in [3.8, 4) is 6.07 Å². The average molecular weight is 230 g/mol. The Kier molecular flexibility index (Phi) is 3.58. The van der Waals surface area contributed by atoms with E-state index in [1.54, 1.807) is 0 Å². The van der Waals surface area contributed by atoms with Gasteiger partial charge in [0.15, 0.2) is 0 Å². The molecule has 1 aromatic carbocycles. The number of hydrogen-bond donors (Lipinski definition) is 1. The average Bonchev–Trinajstić information content (AvgIpc) is 2.22. The van der Waals surface area contributed by atoms with Gasteiger partial charge in [0.2, 0.25) is 0 Å². The molecule has 0 radical (unpaired) electrons. The highest BCUT2D eigenvalue weighted by Crippen LogP contribution is 2.21. The van der Waals surface area contributed by atoms with Gasteiger partial charge in [0.25, 0.3) is 0 Å². The highest BCUT2D eigenvalue weighted by Gasteiger charge is 2.09. The highest BCUT2D eigenvalue weighted by molar-refractivity contribution is 6.28. The van der Waals surface area contributed by atoms with E-state index < -0.39 is 11.6 Å². The maximum absolute atomic E-state index is 13.2. The number of alkyl halides is 1. The quantitative estimate of drug-likeness (QED) is 0.479. The van der Waals surface area contributed by atoms with Crippen LogP contribution in [0.5, 0.6) is 0 Å². The highest BCUT2D eigenvalue weighted by atomic mass is 35.5. The molecule has 0 aliphatic carbocycles. The number of aliphatic imine (C=N–C) groups is 1. The van der Waals surface area contributed by atoms with Crippen LogP contribution >= 0.6 is 11.6 Å². The Balaban J connectivity index is 3.24. The summed E-state index contributed by atoms with van der Waals surface area (Å²) in [6, 6.07) is 3.07. The minimum atomic E-state index is -0.847. The van der Waals surface area contributed by atoms with E-state index in [9.17, 15) is 8.78 Å². The van der Waals surface area contributed by atoms with E-state index in [4.69, 9.17) is 22.6 Å². The molecule has 0 aliphatic heterocycles. The number of benzene rings is 1. The van der Waals surface area contributed by atoms with Gasteiger partial charge < -0.3 is 5.73 Å². The first-order chi connectivity index (χ1) is 7.08. The Morgan fingerprint density at radius 3 is 2.67 bits per heavy atom. The zero-order valence-corrected chi connectivity index (χ0v) is 8.22. The topological polar surface area (TPSA) is 62.2 Å². The molecule has 0 unspecified atom stereocenters. The fourth-order valence-electron chi connectivity index (χ4n) is 0.892. The first kappa shape index (κ1) is 11.4. The zero-order chi connectivity index (χ0) is 11.4. The molecule has 0 spiro atoms. The molecule has 0 bridgehead atoms. The monoisotopic (exact) mass is 229 g/mol. The predicted octanol–water partition coefficient (Wildman–Crippen LogP) is 2.06. The van der Waals surface area contributed by atoms with Crippen LogP contribution in [0.15, 0.2) is 17.1 Å². The van der Waals surface area contributed by atoms with Crippen LogP contribution < -0.4 is 5.73 Å². The zero-order valence-electron chi connectivity index (χ0n) is 7.47. The first-order valence-corrected chi connectivity index (χ1v) is 4.40. The fraction of sp³-hybridized carbons (Fsp3) is 0.111. The van der Waals surface area contributed by atoms with Crippen molar-refractivity contribution in [2.24, 2.45) is 10.7 Å². The fourth-order valence-corrected chi connectivity index (χ4v) is 0.952. The van der Waals surface area contributed by atoms with Crippen LogP contribution in [0.1, 0.15) is 5.56 Å². The van der Waals surface area contributed by atoms with E-state index in [0.29, 0.717) is 0 Å². The molecule has 0 aliphatic rings. The van der Waals surface area contributed by atoms with E-state index in [1.165, 1.54) is 6.07 Å². The van der Waals surface area contributed by atoms with E-state index in [0.717, 1.165) is 12.1 Å². The summed E-state index contributed by atoms with van der Waals surface area (Å²) < 4.78 is 26.2. The summed E-state index contributed by atoms with van der Waals surface area (Å²) in [4.78, 5) is 3.55. The van der Waals surface area contributed by atoms with E-state index in [-0.39, 0.29) is 23.0 Å². The molecule has 0 aromatic heterocycles. The number of nitriles is 1. The van der Waals surface area contributed by atoms with Gasteiger partial charge in [-0.3, -0.25) is 0 Å². The van der Waals surface area contributed by atoms with Gasteiger partial charge in [-0.15, -0.1) is 11.6 Å². The van der Waals surface area contributed by atoms with Crippen molar-refractivity contribution in [3.63, 3.8) is 0 Å². The van der Waals surface area contributed by atoms with Crippen LogP contribution in [-0.4, -0.2) is 11.7 Å². The maximum atomic E-state index is 13.2. The normalized spacial score (nSPS) is 11.2. The Labute approximate surface area is 89.8 Å². The van der Waals surface area contributed by atoms with Crippen molar-refractivity contribution in [3.05, 3.63) is 29.3 Å². The summed E-state index contributed by atoms with van der Waals surface area (Å²) in [6.45, 7) is 0. The van der Waals surface area contributed by atoms with Crippen molar-refractivity contribution < 1.29 is 8.78 Å². The van der Waals surface area contributed by atoms with Gasteiger partial charge >= 0.3 is 0 Å². The molecule has 78 valence electrons. The number of rotatable bonds is 2. The molecule has 0 saturated heterocycles. The minimum Gasteiger partial charge on any atom is -0.386 e. The molecular formula is C9H6ClF2N3. The third kappa shape index (κ3) is 2.64. The van der Waals surface area contributed by atoms with Gasteiger partial charge in [-0.1, -0.05) is 0 Å². The standard InChI is InChI=1S/C9H6ClF2N3/c10-3-9(14)15-8-2-6(11)5(4-13)1-7(8)12/h1-2H,3H2,(H2,14,15). The molecule has 15 heavy (non-hydrogen) atoms. The lowest BCUT2D eigenvalue weighted by atomic mass is 10.2. The summed E-state index contributed by atoms with van der Waals surface area (Å²) in [5, 5.41) is 8.42. The third-order valence-electron chi connectivity index (χ3n) is 1.56. The number of hydrogen-bond acceptors (Lipinski definition) is 2. The molecule has 0 saturated carbocycles. The number of halogens is 3. The van der Waals surface area contributed by atoms with Crippen LogP contribution in [-0.2, 0) is 0 Å². The van der Waals surface area contributed by atoms with Gasteiger partial charge in [-0.05, 0) is 6.07 Å². The van der Waals surface area contributed by atoms with E-state index >= 15 is 0 Å². The van der Waals surface area contributed by atoms with E-state index in [1.807, 2.05) is 0 Å². The van der Waals surface area contributed by atoms with Crippen molar-refractivity contribution in [2.45, 2.75) is 0 Å². The number of nitrogens with zero attached hydrogens (tertiary/aromatic N) is 2. The van der Waals surface area contributed by atoms with Crippen LogP contribution in [0.3, 0.4) is 0 Å². The molecule has 6 heteroatoms. The largest absolute Gasteiger partial charge is 0.386 e. The second-order valence-corrected chi connectivity index (χ2v) is 2.90. The molecule has 0 heterocycles. The lowest BCUT2D eigenvalue weighted by Gasteiger charge is -2.00. The maximum Gasteiger partial charge on any atom is 0.150 e. The van der Waals surface area contributed by atoms with Gasteiger partial charge in [0.1, 0.15) is 29.2 Å². The number of amidine groups is 1. The minimum absolute atomic E-state index is 0.0281. The number of nitrogens with two attached hydrogens (primary N) is 1. The second-order valence-electron chi connectivity index (χ2n) is 2.63. The van der Waals surface area contributed by atoms with Crippen LogP contribution in [0.25, 0.3) is 0 Å². The van der Waals surface area contributed by atoms with Crippen LogP contribution in [0.4, 0.5) is 14.5 Å².